The van der Waals surface area contributed by atoms with Crippen molar-refractivity contribution >= 4 is 29.4 Å². The van der Waals surface area contributed by atoms with Crippen LogP contribution in [0.1, 0.15) is 11.1 Å². The smallest absolute Gasteiger partial charge is 0.275 e. The van der Waals surface area contributed by atoms with E-state index in [1.807, 2.05) is 0 Å². The van der Waals surface area contributed by atoms with Crippen molar-refractivity contribution in [3.05, 3.63) is 76.2 Å². The highest BCUT2D eigenvalue weighted by molar-refractivity contribution is 6.30. The number of hydrogen-bond acceptors (Lipinski definition) is 2. The molecule has 1 N–H and O–H groups in total. The predicted molar refractivity (Wildman–Crippen MR) is 80.5 cm³/mol. The molecule has 2 aromatic carbocycles. The third kappa shape index (κ3) is 3.01. The molecule has 1 aliphatic rings. The minimum atomic E-state index is -0.357. The summed E-state index contributed by atoms with van der Waals surface area (Å²) in [4.78, 5) is 16.1. The summed E-state index contributed by atoms with van der Waals surface area (Å²) in [5, 5.41) is 3.29. The van der Waals surface area contributed by atoms with Crippen molar-refractivity contribution in [2.24, 2.45) is 4.99 Å². The van der Waals surface area contributed by atoms with Gasteiger partial charge in [-0.3, -0.25) is 4.79 Å². The Hall–Kier alpha value is -2.46. The summed E-state index contributed by atoms with van der Waals surface area (Å²) >= 11 is 5.82. The molecule has 0 fully saturated rings. The van der Waals surface area contributed by atoms with Gasteiger partial charge >= 0.3 is 0 Å². The first kappa shape index (κ1) is 13.5. The van der Waals surface area contributed by atoms with Crippen LogP contribution < -0.4 is 5.32 Å². The maximum atomic E-state index is 13.1. The van der Waals surface area contributed by atoms with Gasteiger partial charge < -0.3 is 5.32 Å². The van der Waals surface area contributed by atoms with E-state index in [0.717, 1.165) is 5.56 Å². The van der Waals surface area contributed by atoms with Gasteiger partial charge in [0.2, 0.25) is 0 Å². The number of amides is 1. The van der Waals surface area contributed by atoms with E-state index >= 15 is 0 Å². The molecule has 0 saturated carbocycles. The van der Waals surface area contributed by atoms with E-state index in [1.54, 1.807) is 42.5 Å². The van der Waals surface area contributed by atoms with Crippen molar-refractivity contribution in [3.8, 4) is 0 Å². The van der Waals surface area contributed by atoms with Gasteiger partial charge in [-0.15, -0.1) is 0 Å². The molecule has 1 aliphatic heterocycles. The van der Waals surface area contributed by atoms with E-state index < -0.39 is 0 Å². The van der Waals surface area contributed by atoms with Gasteiger partial charge in [-0.25, -0.2) is 9.38 Å². The molecule has 3 nitrogen and oxygen atoms in total. The summed E-state index contributed by atoms with van der Waals surface area (Å²) < 4.78 is 13.1. The molecular formula is C16H10ClFN2O. The molecule has 0 saturated heterocycles. The molecule has 104 valence electrons. The second-order valence-electron chi connectivity index (χ2n) is 4.51. The number of hydrogen-bond donors (Lipinski definition) is 1. The lowest BCUT2D eigenvalue weighted by atomic mass is 10.2. The maximum Gasteiger partial charge on any atom is 0.275 e. The molecule has 0 unspecified atom stereocenters. The summed E-state index contributed by atoms with van der Waals surface area (Å²) in [6.45, 7) is 0. The van der Waals surface area contributed by atoms with E-state index in [9.17, 15) is 9.18 Å². The van der Waals surface area contributed by atoms with Crippen molar-refractivity contribution in [1.82, 2.24) is 5.32 Å². The molecule has 0 aromatic heterocycles. The zero-order valence-corrected chi connectivity index (χ0v) is 11.6. The summed E-state index contributed by atoms with van der Waals surface area (Å²) in [5.74, 6) is -0.215. The number of benzene rings is 2. The third-order valence-corrected chi connectivity index (χ3v) is 3.22. The van der Waals surface area contributed by atoms with Gasteiger partial charge in [-0.05, 0) is 48.0 Å². The first-order valence-electron chi connectivity index (χ1n) is 6.25. The first-order chi connectivity index (χ1) is 10.1. The third-order valence-electron chi connectivity index (χ3n) is 2.97. The fraction of sp³-hybridized carbons (Fsp3) is 0. The van der Waals surface area contributed by atoms with Gasteiger partial charge in [0.25, 0.3) is 5.91 Å². The normalized spacial score (nSPS) is 16.0. The number of halogens is 2. The van der Waals surface area contributed by atoms with Crippen LogP contribution in [0.2, 0.25) is 5.02 Å². The lowest BCUT2D eigenvalue weighted by Gasteiger charge is -1.99. The fourth-order valence-electron chi connectivity index (χ4n) is 1.97. The Kier molecular flexibility index (Phi) is 3.54. The monoisotopic (exact) mass is 300 g/mol. The summed E-state index contributed by atoms with van der Waals surface area (Å²) in [7, 11) is 0. The van der Waals surface area contributed by atoms with Crippen molar-refractivity contribution in [2.75, 3.05) is 0 Å². The van der Waals surface area contributed by atoms with Crippen LogP contribution in [-0.4, -0.2) is 11.7 Å². The summed E-state index contributed by atoms with van der Waals surface area (Å²) in [6.07, 6.45) is 1.54. The highest BCUT2D eigenvalue weighted by Gasteiger charge is 2.20. The number of nitrogens with one attached hydrogen (secondary N) is 1. The molecule has 3 rings (SSSR count). The van der Waals surface area contributed by atoms with Crippen molar-refractivity contribution in [3.63, 3.8) is 0 Å². The van der Waals surface area contributed by atoms with Crippen LogP contribution in [0.15, 0.2) is 59.2 Å². The number of carbonyl (C=O) groups excluding carboxylic acids is 1. The van der Waals surface area contributed by atoms with Gasteiger partial charge in [-0.1, -0.05) is 23.7 Å². The number of amidine groups is 1. The van der Waals surface area contributed by atoms with E-state index in [1.165, 1.54) is 12.1 Å². The van der Waals surface area contributed by atoms with Gasteiger partial charge in [0, 0.05) is 10.6 Å². The van der Waals surface area contributed by atoms with Crippen LogP contribution in [0.25, 0.3) is 6.08 Å². The van der Waals surface area contributed by atoms with Gasteiger partial charge in [0.05, 0.1) is 0 Å². The topological polar surface area (TPSA) is 41.5 Å². The van der Waals surface area contributed by atoms with Gasteiger partial charge in [0.1, 0.15) is 17.3 Å². The second-order valence-corrected chi connectivity index (χ2v) is 4.94. The number of nitrogens with zero attached hydrogens (tertiary/aromatic N) is 1. The zero-order valence-electron chi connectivity index (χ0n) is 10.8. The quantitative estimate of drug-likeness (QED) is 0.849. The van der Waals surface area contributed by atoms with E-state index in [4.69, 9.17) is 11.6 Å². The average molecular weight is 301 g/mol. The Morgan fingerprint density at radius 2 is 1.90 bits per heavy atom. The summed E-state index contributed by atoms with van der Waals surface area (Å²) in [5.41, 5.74) is 1.59. The largest absolute Gasteiger partial charge is 0.305 e. The van der Waals surface area contributed by atoms with Crippen LogP contribution in [0.4, 0.5) is 4.39 Å². The number of rotatable bonds is 2. The van der Waals surface area contributed by atoms with Gasteiger partial charge in [0.15, 0.2) is 0 Å². The Morgan fingerprint density at radius 1 is 1.14 bits per heavy atom. The Balaban J connectivity index is 1.93. The molecule has 0 spiro atoms. The molecule has 1 heterocycles. The van der Waals surface area contributed by atoms with Crippen molar-refractivity contribution in [1.29, 1.82) is 0 Å². The molecule has 1 amide bonds. The zero-order chi connectivity index (χ0) is 14.8. The lowest BCUT2D eigenvalue weighted by molar-refractivity contribution is -0.115. The Labute approximate surface area is 125 Å². The van der Waals surface area contributed by atoms with Gasteiger partial charge in [-0.2, -0.15) is 0 Å². The van der Waals surface area contributed by atoms with E-state index in [0.29, 0.717) is 16.4 Å². The minimum absolute atomic E-state index is 0.241. The van der Waals surface area contributed by atoms with Crippen LogP contribution in [0, 0.1) is 5.82 Å². The molecule has 21 heavy (non-hydrogen) atoms. The van der Waals surface area contributed by atoms with E-state index in [2.05, 4.69) is 10.3 Å². The van der Waals surface area contributed by atoms with Crippen molar-refractivity contribution in [2.45, 2.75) is 0 Å². The van der Waals surface area contributed by atoms with Crippen LogP contribution in [-0.2, 0) is 4.79 Å². The minimum Gasteiger partial charge on any atom is -0.305 e. The molecule has 0 bridgehead atoms. The molecule has 5 heteroatoms. The molecule has 0 radical (unpaired) electrons. The number of carbonyl (C=O) groups is 1. The highest BCUT2D eigenvalue weighted by Crippen LogP contribution is 2.17. The summed E-state index contributed by atoms with van der Waals surface area (Å²) in [6, 6.07) is 13.0. The molecule has 0 atom stereocenters. The molecule has 0 aliphatic carbocycles. The maximum absolute atomic E-state index is 13.1. The van der Waals surface area contributed by atoms with Crippen LogP contribution in [0.5, 0.6) is 0 Å². The standard InChI is InChI=1S/C16H10ClFN2O/c17-12-6-4-11(5-7-12)15-19-14(16(21)20-15)9-10-2-1-3-13(18)8-10/h1-9H,(H,19,20,21)/b14-9+. The second kappa shape index (κ2) is 5.50. The lowest BCUT2D eigenvalue weighted by Crippen LogP contribution is -2.24. The first-order valence-corrected chi connectivity index (χ1v) is 6.63. The average Bonchev–Trinajstić information content (AvgIpc) is 2.81. The van der Waals surface area contributed by atoms with Crippen molar-refractivity contribution < 1.29 is 9.18 Å². The van der Waals surface area contributed by atoms with E-state index in [-0.39, 0.29) is 17.4 Å². The number of aliphatic imine (C=N–C) groups is 1. The predicted octanol–water partition coefficient (Wildman–Crippen LogP) is 3.40. The Bertz CT molecular complexity index is 766. The fourth-order valence-corrected chi connectivity index (χ4v) is 2.09. The molecule has 2 aromatic rings. The Morgan fingerprint density at radius 3 is 2.62 bits per heavy atom. The van der Waals surface area contributed by atoms with Crippen LogP contribution >= 0.6 is 11.6 Å². The molecular weight excluding hydrogens is 291 g/mol. The van der Waals surface area contributed by atoms with Crippen LogP contribution in [0.3, 0.4) is 0 Å². The SMILES string of the molecule is O=C1NC(c2ccc(Cl)cc2)=N/C1=C/c1cccc(F)c1. The highest BCUT2D eigenvalue weighted by atomic mass is 35.5.